The molecule has 10 heteroatoms. The van der Waals surface area contributed by atoms with Crippen LogP contribution < -0.4 is 16.2 Å². The maximum absolute atomic E-state index is 12.0. The third-order valence-electron chi connectivity index (χ3n) is 3.32. The van der Waals surface area contributed by atoms with Crippen LogP contribution in [0.4, 0.5) is 5.69 Å². The molecule has 27 heavy (non-hydrogen) atoms. The van der Waals surface area contributed by atoms with E-state index in [2.05, 4.69) is 25.3 Å². The van der Waals surface area contributed by atoms with Crippen molar-refractivity contribution in [3.8, 4) is 0 Å². The SMILES string of the molecule is CNC(=O)c1ccc(NC(=O)CSc2nc(CC(=O)OC)cc(=O)[nH]2)cc1. The van der Waals surface area contributed by atoms with Crippen LogP contribution in [0.2, 0.25) is 0 Å². The largest absolute Gasteiger partial charge is 0.469 e. The van der Waals surface area contributed by atoms with Crippen LogP contribution in [0, 0.1) is 0 Å². The maximum atomic E-state index is 12.0. The Bertz CT molecular complexity index is 895. The van der Waals surface area contributed by atoms with E-state index in [-0.39, 0.29) is 34.8 Å². The standard InChI is InChI=1S/C17H18N4O5S/c1-18-16(25)10-3-5-11(6-4-10)19-14(23)9-27-17-20-12(7-13(22)21-17)8-15(24)26-2/h3-7H,8-9H2,1-2H3,(H,18,25)(H,19,23)(H,20,21,22). The van der Waals surface area contributed by atoms with Crippen LogP contribution >= 0.6 is 11.8 Å². The van der Waals surface area contributed by atoms with Crippen LogP contribution in [-0.4, -0.2) is 47.7 Å². The number of methoxy groups -OCH3 is 1. The molecule has 0 aliphatic heterocycles. The Hall–Kier alpha value is -3.14. The van der Waals surface area contributed by atoms with E-state index in [9.17, 15) is 19.2 Å². The molecule has 2 aromatic rings. The Balaban J connectivity index is 1.94. The first-order valence-corrected chi connectivity index (χ1v) is 8.81. The number of hydrogen-bond donors (Lipinski definition) is 3. The highest BCUT2D eigenvalue weighted by atomic mass is 32.2. The van der Waals surface area contributed by atoms with Crippen LogP contribution in [0.5, 0.6) is 0 Å². The number of hydrogen-bond acceptors (Lipinski definition) is 7. The summed E-state index contributed by atoms with van der Waals surface area (Å²) >= 11 is 1.03. The molecule has 0 aliphatic carbocycles. The molecule has 0 saturated heterocycles. The van der Waals surface area contributed by atoms with Crippen LogP contribution in [-0.2, 0) is 20.7 Å². The molecule has 0 spiro atoms. The number of rotatable bonds is 7. The van der Waals surface area contributed by atoms with Crippen LogP contribution in [0.15, 0.2) is 40.3 Å². The highest BCUT2D eigenvalue weighted by Crippen LogP contribution is 2.14. The summed E-state index contributed by atoms with van der Waals surface area (Å²) in [6.07, 6.45) is -0.127. The molecule has 1 aromatic heterocycles. The minimum Gasteiger partial charge on any atom is -0.469 e. The van der Waals surface area contributed by atoms with Crippen molar-refractivity contribution in [2.45, 2.75) is 11.6 Å². The van der Waals surface area contributed by atoms with Crippen molar-refractivity contribution in [2.24, 2.45) is 0 Å². The average molecular weight is 390 g/mol. The van der Waals surface area contributed by atoms with E-state index in [1.54, 1.807) is 24.3 Å². The number of amides is 2. The molecule has 0 fully saturated rings. The fraction of sp³-hybridized carbons (Fsp3) is 0.235. The van der Waals surface area contributed by atoms with E-state index in [0.717, 1.165) is 11.8 Å². The predicted octanol–water partition coefficient (Wildman–Crippen LogP) is 0.576. The molecular formula is C17H18N4O5S. The van der Waals surface area contributed by atoms with Gasteiger partial charge in [0.2, 0.25) is 5.91 Å². The number of aromatic amines is 1. The van der Waals surface area contributed by atoms with Crippen LogP contribution in [0.25, 0.3) is 0 Å². The number of benzene rings is 1. The molecule has 2 rings (SSSR count). The lowest BCUT2D eigenvalue weighted by atomic mass is 10.2. The Labute approximate surface area is 158 Å². The van der Waals surface area contributed by atoms with E-state index in [1.807, 2.05) is 0 Å². The van der Waals surface area contributed by atoms with Gasteiger partial charge in [0.15, 0.2) is 5.16 Å². The normalized spacial score (nSPS) is 10.1. The Morgan fingerprint density at radius 2 is 1.93 bits per heavy atom. The average Bonchev–Trinajstić information content (AvgIpc) is 2.65. The summed E-state index contributed by atoms with van der Waals surface area (Å²) in [7, 11) is 2.78. The molecule has 0 aliphatic rings. The third-order valence-corrected chi connectivity index (χ3v) is 4.20. The van der Waals surface area contributed by atoms with Crippen molar-refractivity contribution in [3.63, 3.8) is 0 Å². The van der Waals surface area contributed by atoms with Crippen molar-refractivity contribution >= 4 is 35.2 Å². The molecule has 1 aromatic carbocycles. The second kappa shape index (κ2) is 9.53. The second-order valence-corrected chi connectivity index (χ2v) is 6.25. The Morgan fingerprint density at radius 1 is 1.22 bits per heavy atom. The van der Waals surface area contributed by atoms with Crippen molar-refractivity contribution in [2.75, 3.05) is 25.2 Å². The van der Waals surface area contributed by atoms with Crippen molar-refractivity contribution < 1.29 is 19.1 Å². The van der Waals surface area contributed by atoms with Gasteiger partial charge < -0.3 is 20.4 Å². The van der Waals surface area contributed by atoms with Gasteiger partial charge in [-0.25, -0.2) is 4.98 Å². The predicted molar refractivity (Wildman–Crippen MR) is 99.8 cm³/mol. The summed E-state index contributed by atoms with van der Waals surface area (Å²) in [4.78, 5) is 53.1. The Morgan fingerprint density at radius 3 is 2.56 bits per heavy atom. The number of nitrogens with zero attached hydrogens (tertiary/aromatic N) is 1. The van der Waals surface area contributed by atoms with Gasteiger partial charge in [-0.3, -0.25) is 19.2 Å². The molecule has 142 valence electrons. The number of carbonyl (C=O) groups excluding carboxylic acids is 3. The van der Waals surface area contributed by atoms with E-state index in [1.165, 1.54) is 20.2 Å². The first kappa shape index (κ1) is 20.2. The smallest absolute Gasteiger partial charge is 0.311 e. The highest BCUT2D eigenvalue weighted by molar-refractivity contribution is 7.99. The van der Waals surface area contributed by atoms with Gasteiger partial charge >= 0.3 is 5.97 Å². The molecule has 0 radical (unpaired) electrons. The highest BCUT2D eigenvalue weighted by Gasteiger charge is 2.10. The molecule has 2 amide bonds. The number of esters is 1. The van der Waals surface area contributed by atoms with Gasteiger partial charge in [0.1, 0.15) is 0 Å². The molecule has 3 N–H and O–H groups in total. The number of anilines is 1. The van der Waals surface area contributed by atoms with Gasteiger partial charge in [-0.1, -0.05) is 11.8 Å². The molecule has 0 saturated carbocycles. The van der Waals surface area contributed by atoms with Crippen LogP contribution in [0.3, 0.4) is 0 Å². The van der Waals surface area contributed by atoms with Gasteiger partial charge in [-0.05, 0) is 24.3 Å². The lowest BCUT2D eigenvalue weighted by Gasteiger charge is -2.06. The lowest BCUT2D eigenvalue weighted by Crippen LogP contribution is -2.18. The number of ether oxygens (including phenoxy) is 1. The molecule has 0 bridgehead atoms. The van der Waals surface area contributed by atoms with Gasteiger partial charge in [-0.15, -0.1) is 0 Å². The second-order valence-electron chi connectivity index (χ2n) is 5.29. The molecule has 9 nitrogen and oxygen atoms in total. The number of H-pyrrole nitrogens is 1. The zero-order valence-corrected chi connectivity index (χ0v) is 15.5. The lowest BCUT2D eigenvalue weighted by molar-refractivity contribution is -0.139. The number of aromatic nitrogens is 2. The fourth-order valence-corrected chi connectivity index (χ4v) is 2.74. The molecular weight excluding hydrogens is 372 g/mol. The quantitative estimate of drug-likeness (QED) is 0.358. The zero-order valence-electron chi connectivity index (χ0n) is 14.7. The summed E-state index contributed by atoms with van der Waals surface area (Å²) in [5.74, 6) is -1.04. The Kier molecular flexibility index (Phi) is 7.12. The first-order chi connectivity index (χ1) is 12.9. The van der Waals surface area contributed by atoms with Crippen molar-refractivity contribution in [1.29, 1.82) is 0 Å². The first-order valence-electron chi connectivity index (χ1n) is 7.83. The molecule has 0 unspecified atom stereocenters. The van der Waals surface area contributed by atoms with E-state index in [0.29, 0.717) is 11.3 Å². The number of thioether (sulfide) groups is 1. The van der Waals surface area contributed by atoms with Crippen molar-refractivity contribution in [1.82, 2.24) is 15.3 Å². The molecule has 0 atom stereocenters. The monoisotopic (exact) mass is 390 g/mol. The summed E-state index contributed by atoms with van der Waals surface area (Å²) in [5.41, 5.74) is 0.859. The minimum atomic E-state index is -0.512. The summed E-state index contributed by atoms with van der Waals surface area (Å²) < 4.78 is 4.54. The fourth-order valence-electron chi connectivity index (χ4n) is 2.04. The number of carbonyl (C=O) groups is 3. The maximum Gasteiger partial charge on any atom is 0.311 e. The van der Waals surface area contributed by atoms with Gasteiger partial charge in [0, 0.05) is 24.4 Å². The van der Waals surface area contributed by atoms with Gasteiger partial charge in [-0.2, -0.15) is 0 Å². The summed E-state index contributed by atoms with van der Waals surface area (Å²) in [6, 6.07) is 7.62. The summed E-state index contributed by atoms with van der Waals surface area (Å²) in [6.45, 7) is 0. The van der Waals surface area contributed by atoms with E-state index in [4.69, 9.17) is 0 Å². The van der Waals surface area contributed by atoms with Crippen LogP contribution in [0.1, 0.15) is 16.1 Å². The summed E-state index contributed by atoms with van der Waals surface area (Å²) in [5, 5.41) is 5.42. The zero-order chi connectivity index (χ0) is 19.8. The topological polar surface area (TPSA) is 130 Å². The van der Waals surface area contributed by atoms with Gasteiger partial charge in [0.25, 0.3) is 11.5 Å². The van der Waals surface area contributed by atoms with Crippen molar-refractivity contribution in [3.05, 3.63) is 51.9 Å². The molecule has 1 heterocycles. The number of nitrogens with one attached hydrogen (secondary N) is 3. The minimum absolute atomic E-state index is 0.00180. The van der Waals surface area contributed by atoms with E-state index < -0.39 is 11.5 Å². The van der Waals surface area contributed by atoms with Gasteiger partial charge in [0.05, 0.1) is 25.0 Å². The van der Waals surface area contributed by atoms with E-state index >= 15 is 0 Å². The third kappa shape index (κ3) is 6.26.